The minimum atomic E-state index is -1.41. The second-order valence-electron chi connectivity index (χ2n) is 8.63. The molecule has 1 aromatic heterocycles. The molecule has 0 aromatic carbocycles. The van der Waals surface area contributed by atoms with Crippen LogP contribution in [0.4, 0.5) is 0 Å². The van der Waals surface area contributed by atoms with E-state index in [2.05, 4.69) is 4.98 Å². The molecule has 5 heteroatoms. The third-order valence-corrected chi connectivity index (χ3v) is 8.31. The van der Waals surface area contributed by atoms with Crippen molar-refractivity contribution in [3.63, 3.8) is 0 Å². The number of aromatic nitrogens is 2. The number of nitrogens with zero attached hydrogens (tertiary/aromatic N) is 2. The molecule has 23 heavy (non-hydrogen) atoms. The van der Waals surface area contributed by atoms with Crippen LogP contribution in [0.15, 0.2) is 17.6 Å². The van der Waals surface area contributed by atoms with Crippen molar-refractivity contribution in [1.82, 2.24) is 9.55 Å². The highest BCUT2D eigenvalue weighted by Crippen LogP contribution is 2.61. The van der Waals surface area contributed by atoms with Gasteiger partial charge in [0.1, 0.15) is 15.5 Å². The Morgan fingerprint density at radius 3 is 2.17 bits per heavy atom. The second kappa shape index (κ2) is 5.01. The van der Waals surface area contributed by atoms with Crippen molar-refractivity contribution >= 4 is 16.6 Å². The van der Waals surface area contributed by atoms with Crippen LogP contribution >= 0.6 is 0 Å². The third-order valence-electron chi connectivity index (χ3n) is 6.47. The smallest absolute Gasteiger partial charge is 0.199 e. The molecule has 0 N–H and O–H groups in total. The van der Waals surface area contributed by atoms with E-state index in [4.69, 9.17) is 0 Å². The van der Waals surface area contributed by atoms with Gasteiger partial charge < -0.3 is 4.57 Å². The van der Waals surface area contributed by atoms with Crippen molar-refractivity contribution < 1.29 is 9.00 Å². The van der Waals surface area contributed by atoms with Gasteiger partial charge in [-0.15, -0.1) is 0 Å². The van der Waals surface area contributed by atoms with Crippen molar-refractivity contribution in [3.05, 3.63) is 12.4 Å². The van der Waals surface area contributed by atoms with Gasteiger partial charge in [-0.2, -0.15) is 0 Å². The van der Waals surface area contributed by atoms with Crippen LogP contribution in [-0.4, -0.2) is 24.3 Å². The number of hydrogen-bond donors (Lipinski definition) is 0. The third kappa shape index (κ3) is 2.26. The second-order valence-corrected chi connectivity index (χ2v) is 10.5. The maximum Gasteiger partial charge on any atom is 0.199 e. The molecule has 126 valence electrons. The molecule has 4 saturated carbocycles. The number of ketones is 1. The number of Topliss-reactive ketones (excluding diaryl/α,β-unsaturated/α-hetero) is 1. The Balaban J connectivity index is 1.65. The number of carbonyl (C=O) groups is 1. The molecule has 1 aromatic rings. The molecule has 0 amide bonds. The van der Waals surface area contributed by atoms with Gasteiger partial charge >= 0.3 is 0 Å². The van der Waals surface area contributed by atoms with Gasteiger partial charge in [-0.3, -0.25) is 9.00 Å². The van der Waals surface area contributed by atoms with Crippen LogP contribution in [0.25, 0.3) is 0 Å². The SMILES string of the molecule is Cn1ccnc1S(=O)C(C)(C)C(=O)C12CC3CC(CC(C3)C1)C2. The van der Waals surface area contributed by atoms with E-state index in [1.807, 2.05) is 20.9 Å². The predicted octanol–water partition coefficient (Wildman–Crippen LogP) is 3.09. The van der Waals surface area contributed by atoms with Crippen molar-refractivity contribution in [2.75, 3.05) is 0 Å². The van der Waals surface area contributed by atoms with Crippen LogP contribution in [0.2, 0.25) is 0 Å². The summed E-state index contributed by atoms with van der Waals surface area (Å²) in [7, 11) is 0.424. The highest BCUT2D eigenvalue weighted by molar-refractivity contribution is 7.87. The monoisotopic (exact) mass is 334 g/mol. The summed E-state index contributed by atoms with van der Waals surface area (Å²) in [6.07, 6.45) is 10.5. The maximum absolute atomic E-state index is 13.5. The van der Waals surface area contributed by atoms with Gasteiger partial charge in [-0.1, -0.05) is 0 Å². The molecule has 0 radical (unpaired) electrons. The Hall–Kier alpha value is -0.970. The minimum absolute atomic E-state index is 0.209. The summed E-state index contributed by atoms with van der Waals surface area (Å²) in [6.45, 7) is 3.72. The molecule has 4 fully saturated rings. The molecular formula is C18H26N2O2S. The first-order valence-electron chi connectivity index (χ1n) is 8.76. The van der Waals surface area contributed by atoms with Gasteiger partial charge in [0.15, 0.2) is 10.9 Å². The predicted molar refractivity (Wildman–Crippen MR) is 89.3 cm³/mol. The van der Waals surface area contributed by atoms with Gasteiger partial charge in [-0.05, 0) is 70.1 Å². The Bertz CT molecular complexity index is 641. The van der Waals surface area contributed by atoms with Crippen LogP contribution in [0, 0.1) is 23.2 Å². The standard InChI is InChI=1S/C18H26N2O2S/c1-17(2,23(22)16-19-4-5-20(16)3)15(21)18-9-12-6-13(10-18)8-14(7-12)11-18/h4-5,12-14H,6-11H2,1-3H3. The van der Waals surface area contributed by atoms with Gasteiger partial charge in [0.25, 0.3) is 0 Å². The lowest BCUT2D eigenvalue weighted by molar-refractivity contribution is -0.145. The summed E-state index contributed by atoms with van der Waals surface area (Å²) in [6, 6.07) is 0. The highest BCUT2D eigenvalue weighted by Gasteiger charge is 2.58. The molecule has 4 nitrogen and oxygen atoms in total. The summed E-state index contributed by atoms with van der Waals surface area (Å²) in [5.74, 6) is 2.40. The zero-order valence-corrected chi connectivity index (χ0v) is 15.1. The molecule has 1 atom stereocenters. The average molecular weight is 334 g/mol. The van der Waals surface area contributed by atoms with Gasteiger partial charge in [0.05, 0.1) is 0 Å². The van der Waals surface area contributed by atoms with Crippen molar-refractivity contribution in [2.24, 2.45) is 30.2 Å². The van der Waals surface area contributed by atoms with Crippen LogP contribution in [-0.2, 0) is 22.6 Å². The average Bonchev–Trinajstić information content (AvgIpc) is 2.90. The van der Waals surface area contributed by atoms with E-state index >= 15 is 0 Å². The quantitative estimate of drug-likeness (QED) is 0.850. The summed E-state index contributed by atoms with van der Waals surface area (Å²) >= 11 is 0. The zero-order valence-electron chi connectivity index (χ0n) is 14.2. The van der Waals surface area contributed by atoms with Crippen LogP contribution in [0.5, 0.6) is 0 Å². The number of hydrogen-bond acceptors (Lipinski definition) is 3. The number of rotatable bonds is 4. The fraction of sp³-hybridized carbons (Fsp3) is 0.778. The normalized spacial score (nSPS) is 37.1. The van der Waals surface area contributed by atoms with Crippen molar-refractivity contribution in [1.29, 1.82) is 0 Å². The first kappa shape index (κ1) is 15.6. The molecule has 4 aliphatic carbocycles. The Morgan fingerprint density at radius 1 is 1.22 bits per heavy atom. The van der Waals surface area contributed by atoms with Gasteiger partial charge in [-0.25, -0.2) is 4.98 Å². The van der Waals surface area contributed by atoms with E-state index in [0.717, 1.165) is 37.0 Å². The van der Waals surface area contributed by atoms with E-state index in [0.29, 0.717) is 5.16 Å². The summed E-state index contributed by atoms with van der Waals surface area (Å²) in [5, 5.41) is 0.507. The lowest BCUT2D eigenvalue weighted by Gasteiger charge is -2.57. The largest absolute Gasteiger partial charge is 0.327 e. The number of carbonyl (C=O) groups excluding carboxylic acids is 1. The topological polar surface area (TPSA) is 52.0 Å². The van der Waals surface area contributed by atoms with Gasteiger partial charge in [0, 0.05) is 24.9 Å². The zero-order chi connectivity index (χ0) is 16.4. The summed E-state index contributed by atoms with van der Waals surface area (Å²) in [4.78, 5) is 17.8. The van der Waals surface area contributed by atoms with E-state index in [1.54, 1.807) is 17.0 Å². The molecule has 1 heterocycles. The molecular weight excluding hydrogens is 308 g/mol. The highest BCUT2D eigenvalue weighted by atomic mass is 32.2. The fourth-order valence-electron chi connectivity index (χ4n) is 5.87. The van der Waals surface area contributed by atoms with Gasteiger partial charge in [0.2, 0.25) is 0 Å². The lowest BCUT2D eigenvalue weighted by Crippen LogP contribution is -2.56. The molecule has 0 aliphatic heterocycles. The Labute approximate surface area is 140 Å². The number of imidazole rings is 1. The lowest BCUT2D eigenvalue weighted by atomic mass is 9.48. The first-order valence-corrected chi connectivity index (χ1v) is 9.91. The van der Waals surface area contributed by atoms with Crippen LogP contribution in [0.1, 0.15) is 52.4 Å². The van der Waals surface area contributed by atoms with E-state index in [9.17, 15) is 9.00 Å². The van der Waals surface area contributed by atoms with Crippen LogP contribution < -0.4 is 0 Å². The molecule has 1 unspecified atom stereocenters. The summed E-state index contributed by atoms with van der Waals surface area (Å²) < 4.78 is 14.0. The van der Waals surface area contributed by atoms with E-state index in [-0.39, 0.29) is 11.2 Å². The Kier molecular flexibility index (Phi) is 3.39. The van der Waals surface area contributed by atoms with Crippen LogP contribution in [0.3, 0.4) is 0 Å². The minimum Gasteiger partial charge on any atom is -0.327 e. The molecule has 4 aliphatic rings. The Morgan fingerprint density at radius 2 is 1.74 bits per heavy atom. The van der Waals surface area contributed by atoms with E-state index in [1.165, 1.54) is 19.3 Å². The number of aryl methyl sites for hydroxylation is 1. The van der Waals surface area contributed by atoms with Crippen molar-refractivity contribution in [2.45, 2.75) is 62.3 Å². The fourth-order valence-corrected chi connectivity index (χ4v) is 7.19. The van der Waals surface area contributed by atoms with E-state index < -0.39 is 15.5 Å². The maximum atomic E-state index is 13.5. The first-order chi connectivity index (χ1) is 10.8. The van der Waals surface area contributed by atoms with Crippen molar-refractivity contribution in [3.8, 4) is 0 Å². The molecule has 4 bridgehead atoms. The molecule has 0 spiro atoms. The molecule has 5 rings (SSSR count). The summed E-state index contributed by atoms with van der Waals surface area (Å²) in [5.41, 5.74) is -0.209. The molecule has 0 saturated heterocycles.